The topological polar surface area (TPSA) is 44.0 Å². The van der Waals surface area contributed by atoms with Crippen molar-refractivity contribution < 1.29 is 5.11 Å². The molecule has 0 amide bonds. The van der Waals surface area contributed by atoms with Crippen LogP contribution >= 0.6 is 0 Å². The highest BCUT2D eigenvalue weighted by atomic mass is 16.3. The van der Waals surface area contributed by atoms with Crippen LogP contribution in [-0.4, -0.2) is 11.7 Å². The molecule has 2 nitrogen and oxygen atoms in total. The first-order valence-corrected chi connectivity index (χ1v) is 3.22. The third-order valence-electron chi connectivity index (χ3n) is 2.01. The Labute approximate surface area is 55.1 Å². The fourth-order valence-corrected chi connectivity index (χ4v) is 1.43. The zero-order valence-corrected chi connectivity index (χ0v) is 5.59. The Morgan fingerprint density at radius 1 is 1.78 bits per heavy atom. The molecule has 9 heavy (non-hydrogen) atoms. The second-order valence-corrected chi connectivity index (χ2v) is 3.13. The lowest BCUT2D eigenvalue weighted by molar-refractivity contribution is 0.0735. The molecule has 0 aromatic carbocycles. The predicted molar refractivity (Wildman–Crippen MR) is 33.5 cm³/mol. The van der Waals surface area contributed by atoms with E-state index < -0.39 is 0 Å². The minimum Gasteiger partial charge on any atom is -0.396 e. The Balaban J connectivity index is 2.35. The first-order valence-electron chi connectivity index (χ1n) is 3.22. The van der Waals surface area contributed by atoms with Crippen molar-refractivity contribution >= 4 is 0 Å². The van der Waals surface area contributed by atoms with Crippen LogP contribution in [0.15, 0.2) is 0 Å². The largest absolute Gasteiger partial charge is 0.396 e. The summed E-state index contributed by atoms with van der Waals surface area (Å²) in [5.74, 6) is 0.398. The molecule has 1 aliphatic rings. The van der Waals surface area contributed by atoms with Crippen molar-refractivity contribution in [2.75, 3.05) is 6.61 Å². The van der Waals surface area contributed by atoms with Crippen LogP contribution in [-0.2, 0) is 0 Å². The van der Waals surface area contributed by atoms with Crippen molar-refractivity contribution in [3.63, 3.8) is 0 Å². The SMILES string of the molecule is CC1(C#N)CC(CO)C1. The Hall–Kier alpha value is -0.550. The summed E-state index contributed by atoms with van der Waals surface area (Å²) in [5.41, 5.74) is -0.118. The molecule has 50 valence electrons. The van der Waals surface area contributed by atoms with E-state index in [1.54, 1.807) is 0 Å². The van der Waals surface area contributed by atoms with Crippen LogP contribution < -0.4 is 0 Å². The molecule has 1 rings (SSSR count). The fourth-order valence-electron chi connectivity index (χ4n) is 1.43. The molecule has 0 spiro atoms. The van der Waals surface area contributed by atoms with Crippen molar-refractivity contribution in [1.29, 1.82) is 5.26 Å². The first-order chi connectivity index (χ1) is 4.20. The third kappa shape index (κ3) is 1.06. The van der Waals surface area contributed by atoms with E-state index in [0.29, 0.717) is 5.92 Å². The smallest absolute Gasteiger partial charge is 0.0687 e. The summed E-state index contributed by atoms with van der Waals surface area (Å²) >= 11 is 0. The van der Waals surface area contributed by atoms with Gasteiger partial charge in [0.15, 0.2) is 0 Å². The van der Waals surface area contributed by atoms with Gasteiger partial charge in [-0.1, -0.05) is 0 Å². The van der Waals surface area contributed by atoms with Gasteiger partial charge in [0.05, 0.1) is 11.5 Å². The van der Waals surface area contributed by atoms with Crippen LogP contribution in [0.3, 0.4) is 0 Å². The van der Waals surface area contributed by atoms with Crippen LogP contribution in [0.2, 0.25) is 0 Å². The van der Waals surface area contributed by atoms with E-state index in [1.807, 2.05) is 6.92 Å². The number of rotatable bonds is 1. The molecule has 0 aromatic rings. The first kappa shape index (κ1) is 6.57. The summed E-state index contributed by atoms with van der Waals surface area (Å²) in [6, 6.07) is 2.23. The molecule has 1 N–H and O–H groups in total. The summed E-state index contributed by atoms with van der Waals surface area (Å²) in [6.07, 6.45) is 1.75. The second-order valence-electron chi connectivity index (χ2n) is 3.13. The zero-order valence-electron chi connectivity index (χ0n) is 5.59. The van der Waals surface area contributed by atoms with Crippen molar-refractivity contribution in [3.05, 3.63) is 0 Å². The van der Waals surface area contributed by atoms with E-state index in [2.05, 4.69) is 6.07 Å². The molecule has 0 saturated heterocycles. The number of hydrogen-bond donors (Lipinski definition) is 1. The Bertz CT molecular complexity index is 141. The summed E-state index contributed by atoms with van der Waals surface area (Å²) in [4.78, 5) is 0. The van der Waals surface area contributed by atoms with Gasteiger partial charge in [-0.25, -0.2) is 0 Å². The molecular formula is C7H11NO. The van der Waals surface area contributed by atoms with Gasteiger partial charge in [-0.15, -0.1) is 0 Å². The Morgan fingerprint density at radius 2 is 2.33 bits per heavy atom. The van der Waals surface area contributed by atoms with Gasteiger partial charge in [-0.3, -0.25) is 0 Å². The molecule has 0 aliphatic heterocycles. The van der Waals surface area contributed by atoms with E-state index in [1.165, 1.54) is 0 Å². The maximum atomic E-state index is 8.60. The van der Waals surface area contributed by atoms with Crippen molar-refractivity contribution in [1.82, 2.24) is 0 Å². The lowest BCUT2D eigenvalue weighted by atomic mass is 9.64. The average Bonchev–Trinajstić information content (AvgIpc) is 1.81. The molecule has 0 unspecified atom stereocenters. The maximum Gasteiger partial charge on any atom is 0.0687 e. The van der Waals surface area contributed by atoms with Gasteiger partial charge in [0.2, 0.25) is 0 Å². The van der Waals surface area contributed by atoms with Gasteiger partial charge in [0, 0.05) is 6.61 Å². The quantitative estimate of drug-likeness (QED) is 0.566. The van der Waals surface area contributed by atoms with Crippen LogP contribution in [0, 0.1) is 22.7 Å². The fraction of sp³-hybridized carbons (Fsp3) is 0.857. The summed E-state index contributed by atoms with van der Waals surface area (Å²) in [6.45, 7) is 2.19. The molecule has 1 aliphatic carbocycles. The summed E-state index contributed by atoms with van der Waals surface area (Å²) in [7, 11) is 0. The van der Waals surface area contributed by atoms with Crippen molar-refractivity contribution in [2.24, 2.45) is 11.3 Å². The normalized spacial score (nSPS) is 41.2. The highest BCUT2D eigenvalue weighted by Gasteiger charge is 2.39. The van der Waals surface area contributed by atoms with E-state index in [-0.39, 0.29) is 12.0 Å². The van der Waals surface area contributed by atoms with E-state index in [9.17, 15) is 0 Å². The monoisotopic (exact) mass is 125 g/mol. The number of hydrogen-bond acceptors (Lipinski definition) is 2. The van der Waals surface area contributed by atoms with Gasteiger partial charge in [-0.05, 0) is 25.7 Å². The van der Waals surface area contributed by atoms with Crippen LogP contribution in [0.25, 0.3) is 0 Å². The van der Waals surface area contributed by atoms with Gasteiger partial charge in [0.1, 0.15) is 0 Å². The molecule has 0 radical (unpaired) electrons. The van der Waals surface area contributed by atoms with E-state index >= 15 is 0 Å². The summed E-state index contributed by atoms with van der Waals surface area (Å²) < 4.78 is 0. The number of aliphatic hydroxyl groups is 1. The molecule has 1 saturated carbocycles. The second kappa shape index (κ2) is 2.00. The van der Waals surface area contributed by atoms with Gasteiger partial charge in [-0.2, -0.15) is 5.26 Å². The maximum absolute atomic E-state index is 8.60. The number of nitrogens with zero attached hydrogens (tertiary/aromatic N) is 1. The molecular weight excluding hydrogens is 114 g/mol. The standard InChI is InChI=1S/C7H11NO/c1-7(5-8)2-6(3-7)4-9/h6,9H,2-4H2,1H3. The lowest BCUT2D eigenvalue weighted by Gasteiger charge is -2.38. The molecule has 2 heteroatoms. The number of aliphatic hydroxyl groups excluding tert-OH is 1. The molecule has 0 heterocycles. The summed E-state index contributed by atoms with van der Waals surface area (Å²) in [5, 5.41) is 17.1. The van der Waals surface area contributed by atoms with Crippen molar-refractivity contribution in [2.45, 2.75) is 19.8 Å². The lowest BCUT2D eigenvalue weighted by Crippen LogP contribution is -2.34. The van der Waals surface area contributed by atoms with Crippen LogP contribution in [0.4, 0.5) is 0 Å². The van der Waals surface area contributed by atoms with Crippen molar-refractivity contribution in [3.8, 4) is 6.07 Å². The highest BCUT2D eigenvalue weighted by Crippen LogP contribution is 2.44. The Kier molecular flexibility index (Phi) is 1.46. The minimum atomic E-state index is -0.118. The highest BCUT2D eigenvalue weighted by molar-refractivity contribution is 5.04. The van der Waals surface area contributed by atoms with Crippen LogP contribution in [0.1, 0.15) is 19.8 Å². The number of nitriles is 1. The average molecular weight is 125 g/mol. The van der Waals surface area contributed by atoms with Gasteiger partial charge in [0.25, 0.3) is 0 Å². The molecule has 1 fully saturated rings. The molecule has 0 aromatic heterocycles. The predicted octanol–water partition coefficient (Wildman–Crippen LogP) is 0.919. The minimum absolute atomic E-state index is 0.118. The van der Waals surface area contributed by atoms with E-state index in [0.717, 1.165) is 12.8 Å². The zero-order chi connectivity index (χ0) is 6.91. The molecule has 0 bridgehead atoms. The van der Waals surface area contributed by atoms with Gasteiger partial charge >= 0.3 is 0 Å². The molecule has 0 atom stereocenters. The van der Waals surface area contributed by atoms with E-state index in [4.69, 9.17) is 10.4 Å². The van der Waals surface area contributed by atoms with Gasteiger partial charge < -0.3 is 5.11 Å². The van der Waals surface area contributed by atoms with Crippen LogP contribution in [0.5, 0.6) is 0 Å². The Morgan fingerprint density at radius 3 is 2.67 bits per heavy atom. The third-order valence-corrected chi connectivity index (χ3v) is 2.01.